The topological polar surface area (TPSA) is 67.2 Å². The lowest BCUT2D eigenvalue weighted by atomic mass is 10.1. The van der Waals surface area contributed by atoms with Crippen molar-refractivity contribution in [1.29, 1.82) is 0 Å². The molecule has 2 aromatic rings. The molecule has 1 aromatic carbocycles. The summed E-state index contributed by atoms with van der Waals surface area (Å²) in [5.74, 6) is 0.237. The fourth-order valence-corrected chi connectivity index (χ4v) is 4.28. The fourth-order valence-electron chi connectivity index (χ4n) is 4.28. The third-order valence-corrected chi connectivity index (χ3v) is 5.99. The molecule has 4 rings (SSSR count). The molecule has 154 valence electrons. The highest BCUT2D eigenvalue weighted by molar-refractivity contribution is 5.97. The predicted molar refractivity (Wildman–Crippen MR) is 112 cm³/mol. The van der Waals surface area contributed by atoms with E-state index in [-0.39, 0.29) is 11.8 Å². The highest BCUT2D eigenvalue weighted by atomic mass is 16.2. The summed E-state index contributed by atoms with van der Waals surface area (Å²) in [7, 11) is 0. The van der Waals surface area contributed by atoms with Crippen LogP contribution in [0.4, 0.5) is 0 Å². The van der Waals surface area contributed by atoms with Gasteiger partial charge in [-0.1, -0.05) is 42.7 Å². The lowest BCUT2D eigenvalue weighted by molar-refractivity contribution is 0.0743. The number of hydrogen-bond acceptors (Lipinski definition) is 3. The second-order valence-corrected chi connectivity index (χ2v) is 8.21. The number of hydrogen-bond donors (Lipinski definition) is 1. The molecule has 1 N–H and O–H groups in total. The molecular weight excluding hydrogens is 364 g/mol. The second kappa shape index (κ2) is 8.80. The zero-order valence-electron chi connectivity index (χ0n) is 17.2. The van der Waals surface area contributed by atoms with E-state index < -0.39 is 0 Å². The van der Waals surface area contributed by atoms with Gasteiger partial charge in [-0.3, -0.25) is 9.59 Å². The molecule has 3 heterocycles. The lowest BCUT2D eigenvalue weighted by Crippen LogP contribution is -2.34. The van der Waals surface area contributed by atoms with Crippen LogP contribution in [0.1, 0.15) is 76.5 Å². The van der Waals surface area contributed by atoms with Gasteiger partial charge in [0.25, 0.3) is 11.8 Å². The summed E-state index contributed by atoms with van der Waals surface area (Å²) < 4.78 is 2.00. The maximum absolute atomic E-state index is 13.2. The van der Waals surface area contributed by atoms with E-state index in [0.717, 1.165) is 63.0 Å². The van der Waals surface area contributed by atoms with Gasteiger partial charge in [0.05, 0.1) is 5.69 Å². The molecule has 6 heteroatoms. The Morgan fingerprint density at radius 2 is 1.66 bits per heavy atom. The summed E-state index contributed by atoms with van der Waals surface area (Å²) >= 11 is 0. The van der Waals surface area contributed by atoms with Gasteiger partial charge in [-0.2, -0.15) is 0 Å². The first-order valence-electron chi connectivity index (χ1n) is 10.9. The predicted octanol–water partition coefficient (Wildman–Crippen LogP) is 3.47. The Morgan fingerprint density at radius 1 is 0.966 bits per heavy atom. The monoisotopic (exact) mass is 394 g/mol. The molecule has 1 fully saturated rings. The molecule has 0 atom stereocenters. The van der Waals surface area contributed by atoms with Crippen LogP contribution in [0, 0.1) is 6.92 Å². The van der Waals surface area contributed by atoms with Gasteiger partial charge in [-0.15, -0.1) is 0 Å². The van der Waals surface area contributed by atoms with Crippen LogP contribution in [-0.2, 0) is 19.5 Å². The number of amides is 2. The largest absolute Gasteiger partial charge is 0.347 e. The SMILES string of the molecule is Cc1ccc(CNC(=O)c2nc(C(=O)N3CCCCCC3)n3c2CCCC3)cc1. The second-order valence-electron chi connectivity index (χ2n) is 8.21. The molecule has 0 aliphatic carbocycles. The molecule has 0 saturated carbocycles. The minimum absolute atomic E-state index is 0.0207. The number of rotatable bonds is 4. The molecule has 0 radical (unpaired) electrons. The number of likely N-dealkylation sites (tertiary alicyclic amines) is 1. The summed E-state index contributed by atoms with van der Waals surface area (Å²) in [5, 5.41) is 2.99. The maximum Gasteiger partial charge on any atom is 0.289 e. The molecule has 1 saturated heterocycles. The van der Waals surface area contributed by atoms with Crippen molar-refractivity contribution in [2.24, 2.45) is 0 Å². The number of benzene rings is 1. The van der Waals surface area contributed by atoms with Crippen LogP contribution in [-0.4, -0.2) is 39.4 Å². The molecular formula is C23H30N4O2. The Kier molecular flexibility index (Phi) is 5.97. The Balaban J connectivity index is 1.54. The van der Waals surface area contributed by atoms with Gasteiger partial charge in [0, 0.05) is 26.2 Å². The lowest BCUT2D eigenvalue weighted by Gasteiger charge is -2.22. The molecule has 6 nitrogen and oxygen atoms in total. The van der Waals surface area contributed by atoms with Crippen molar-refractivity contribution in [1.82, 2.24) is 19.8 Å². The van der Waals surface area contributed by atoms with Crippen LogP contribution in [0.2, 0.25) is 0 Å². The zero-order chi connectivity index (χ0) is 20.2. The number of nitrogens with one attached hydrogen (secondary N) is 1. The number of aryl methyl sites for hydroxylation is 1. The minimum atomic E-state index is -0.189. The van der Waals surface area contributed by atoms with E-state index in [1.807, 2.05) is 40.7 Å². The van der Waals surface area contributed by atoms with Gasteiger partial charge in [0.2, 0.25) is 0 Å². The molecule has 0 bridgehead atoms. The summed E-state index contributed by atoms with van der Waals surface area (Å²) in [6.45, 7) is 4.85. The molecule has 2 amide bonds. The molecule has 1 aromatic heterocycles. The van der Waals surface area contributed by atoms with Crippen molar-refractivity contribution in [3.05, 3.63) is 52.6 Å². The van der Waals surface area contributed by atoms with Crippen molar-refractivity contribution < 1.29 is 9.59 Å². The molecule has 2 aliphatic heterocycles. The standard InChI is InChI=1S/C23H30N4O2/c1-17-9-11-18(12-10-17)16-24-22(28)20-19-8-4-7-15-27(19)21(25-20)23(29)26-13-5-2-3-6-14-26/h9-12H,2-8,13-16H2,1H3,(H,24,28). The third kappa shape index (κ3) is 4.36. The van der Waals surface area contributed by atoms with E-state index in [4.69, 9.17) is 0 Å². The molecule has 0 spiro atoms. The Morgan fingerprint density at radius 3 is 2.38 bits per heavy atom. The van der Waals surface area contributed by atoms with Gasteiger partial charge in [0.15, 0.2) is 5.82 Å². The van der Waals surface area contributed by atoms with Gasteiger partial charge >= 0.3 is 0 Å². The number of carbonyl (C=O) groups excluding carboxylic acids is 2. The summed E-state index contributed by atoms with van der Waals surface area (Å²) in [4.78, 5) is 32.6. The van der Waals surface area contributed by atoms with Crippen molar-refractivity contribution in [2.45, 2.75) is 65.0 Å². The van der Waals surface area contributed by atoms with Gasteiger partial charge < -0.3 is 14.8 Å². The summed E-state index contributed by atoms with van der Waals surface area (Å²) in [6.07, 6.45) is 7.29. The van der Waals surface area contributed by atoms with Gasteiger partial charge in [-0.05, 0) is 44.6 Å². The third-order valence-electron chi connectivity index (χ3n) is 5.99. The number of fused-ring (bicyclic) bond motifs is 1. The fraction of sp³-hybridized carbons (Fsp3) is 0.522. The summed E-state index contributed by atoms with van der Waals surface area (Å²) in [6, 6.07) is 8.12. The Bertz CT molecular complexity index is 877. The molecule has 0 unspecified atom stereocenters. The van der Waals surface area contributed by atoms with Crippen molar-refractivity contribution in [2.75, 3.05) is 13.1 Å². The smallest absolute Gasteiger partial charge is 0.289 e. The van der Waals surface area contributed by atoms with E-state index in [1.165, 1.54) is 18.4 Å². The molecule has 2 aliphatic rings. The first-order chi connectivity index (χ1) is 14.1. The van der Waals surface area contributed by atoms with Crippen LogP contribution in [0.5, 0.6) is 0 Å². The Labute approximate surface area is 172 Å². The highest BCUT2D eigenvalue weighted by Crippen LogP contribution is 2.23. The summed E-state index contributed by atoms with van der Waals surface area (Å²) in [5.41, 5.74) is 3.59. The van der Waals surface area contributed by atoms with Crippen molar-refractivity contribution in [3.8, 4) is 0 Å². The molecule has 29 heavy (non-hydrogen) atoms. The van der Waals surface area contributed by atoms with E-state index in [1.54, 1.807) is 0 Å². The number of carbonyl (C=O) groups is 2. The van der Waals surface area contributed by atoms with Crippen LogP contribution >= 0.6 is 0 Å². The van der Waals surface area contributed by atoms with E-state index in [0.29, 0.717) is 18.1 Å². The van der Waals surface area contributed by atoms with Crippen molar-refractivity contribution >= 4 is 11.8 Å². The first-order valence-corrected chi connectivity index (χ1v) is 10.9. The van der Waals surface area contributed by atoms with Crippen LogP contribution in [0.3, 0.4) is 0 Å². The van der Waals surface area contributed by atoms with Crippen LogP contribution in [0.15, 0.2) is 24.3 Å². The maximum atomic E-state index is 13.2. The quantitative estimate of drug-likeness (QED) is 0.863. The van der Waals surface area contributed by atoms with Gasteiger partial charge in [-0.25, -0.2) is 4.98 Å². The van der Waals surface area contributed by atoms with Crippen LogP contribution in [0.25, 0.3) is 0 Å². The minimum Gasteiger partial charge on any atom is -0.347 e. The average Bonchev–Trinajstić information content (AvgIpc) is 2.92. The van der Waals surface area contributed by atoms with Crippen molar-refractivity contribution in [3.63, 3.8) is 0 Å². The number of nitrogens with zero attached hydrogens (tertiary/aromatic N) is 3. The van der Waals surface area contributed by atoms with E-state index in [9.17, 15) is 9.59 Å². The first kappa shape index (κ1) is 19.7. The highest BCUT2D eigenvalue weighted by Gasteiger charge is 2.30. The Hall–Kier alpha value is -2.63. The average molecular weight is 395 g/mol. The van der Waals surface area contributed by atoms with E-state index >= 15 is 0 Å². The normalized spacial score (nSPS) is 16.8. The van der Waals surface area contributed by atoms with Crippen LogP contribution < -0.4 is 5.32 Å². The van der Waals surface area contributed by atoms with Gasteiger partial charge in [0.1, 0.15) is 5.69 Å². The zero-order valence-corrected chi connectivity index (χ0v) is 17.2. The number of imidazole rings is 1. The number of aromatic nitrogens is 2. The van der Waals surface area contributed by atoms with E-state index in [2.05, 4.69) is 10.3 Å².